The molecule has 574 valence electrons. The normalized spacial score (nSPS) is 12.6. The van der Waals surface area contributed by atoms with Crippen molar-refractivity contribution in [1.29, 1.82) is 0 Å². The molecule has 0 saturated heterocycles. The second-order valence-electron chi connectivity index (χ2n) is 35.1. The van der Waals surface area contributed by atoms with Crippen LogP contribution in [0, 0.1) is 0 Å². The summed E-state index contributed by atoms with van der Waals surface area (Å²) in [6.07, 6.45) is 0. The standard InChI is InChI=1S/C124H66S2/c1-5-25-67(26-6-1)107-101-65-97-82-34-14-13-33-81(82)84-38-20-46-92(112(84)97)117(101)110(70-31-11-4-12-32-70)122-100-64-76-56-54-72-62-74(58-60-78(72)106(76)89-43-21-48-94(114(89)100)119(107)122)80-37-18-50-96-116-86(41-24-52-104(116)126-124(80)96)85-39-19-40-87-98-66-102-108(68-27-7-2-8-28-68)121-99-63-75-55-53-71-61-73(79-36-17-42-88-83-35-15-16-51-103(83)125-123(79)88)57-59-77(71)105(75)90-44-22-49-95(115(90)99)120(121)109(69-29-9-3-10-30-69)118(102)93-47-23-45-91(111(85)87)113(93)98/h1-66H. The molecule has 0 radical (unpaired) electrons. The molecule has 126 heavy (non-hydrogen) atoms. The van der Waals surface area contributed by atoms with Gasteiger partial charge >= 0.3 is 0 Å². The van der Waals surface area contributed by atoms with Crippen molar-refractivity contribution in [3.8, 4) is 77.9 Å². The molecule has 0 saturated carbocycles. The zero-order valence-electron chi connectivity index (χ0n) is 67.9. The molecule has 2 heteroatoms. The number of benzene rings is 24. The maximum absolute atomic E-state index is 2.61. The minimum atomic E-state index is 1.22. The van der Waals surface area contributed by atoms with Gasteiger partial charge in [-0.15, -0.1) is 22.7 Å². The smallest absolute Gasteiger partial charge is 0.0434 e. The lowest BCUT2D eigenvalue weighted by molar-refractivity contribution is 1.68. The number of hydrogen-bond acceptors (Lipinski definition) is 2. The van der Waals surface area contributed by atoms with E-state index in [1.165, 1.54) is 312 Å². The summed E-state index contributed by atoms with van der Waals surface area (Å²) < 4.78 is 5.25. The van der Waals surface area contributed by atoms with E-state index < -0.39 is 0 Å². The first-order valence-electron chi connectivity index (χ1n) is 43.9. The highest BCUT2D eigenvalue weighted by atomic mass is 32.1. The fourth-order valence-corrected chi connectivity index (χ4v) is 26.7. The van der Waals surface area contributed by atoms with Crippen LogP contribution in [0.15, 0.2) is 400 Å². The summed E-state index contributed by atoms with van der Waals surface area (Å²) in [4.78, 5) is 0. The first-order chi connectivity index (χ1) is 62.6. The Morgan fingerprint density at radius 3 is 0.984 bits per heavy atom. The minimum Gasteiger partial charge on any atom is -0.135 e. The Morgan fingerprint density at radius 2 is 0.444 bits per heavy atom. The molecule has 30 rings (SSSR count). The van der Waals surface area contributed by atoms with Gasteiger partial charge in [0.15, 0.2) is 0 Å². The summed E-state index contributed by atoms with van der Waals surface area (Å²) in [6.45, 7) is 0. The molecule has 0 aliphatic carbocycles. The van der Waals surface area contributed by atoms with Crippen molar-refractivity contribution in [3.05, 3.63) is 400 Å². The van der Waals surface area contributed by atoms with Gasteiger partial charge in [-0.1, -0.05) is 352 Å². The van der Waals surface area contributed by atoms with Crippen molar-refractivity contribution in [2.24, 2.45) is 0 Å². The van der Waals surface area contributed by atoms with Crippen LogP contribution in [0.1, 0.15) is 0 Å². The first-order valence-corrected chi connectivity index (χ1v) is 45.6. The first kappa shape index (κ1) is 67.9. The van der Waals surface area contributed by atoms with Crippen LogP contribution >= 0.6 is 22.7 Å². The number of hydrogen-bond donors (Lipinski definition) is 0. The van der Waals surface area contributed by atoms with Gasteiger partial charge in [0.25, 0.3) is 0 Å². The quantitative estimate of drug-likeness (QED) is 0.140. The maximum Gasteiger partial charge on any atom is 0.0434 e. The highest BCUT2D eigenvalue weighted by Crippen LogP contribution is 2.60. The SMILES string of the molecule is c1ccc(-c2c3cc4c5ccccc5c5cccc(c3c(-c3ccccc3)c3c6cc7ccc8cc(-c9cccc%10c9sc9cccc(-c%11cccc%12c%13cc%14c(-c%15ccccc%15)c%15c%16cc%17ccc%18cc(-c%19cccc%20c%19sc%19ccccc%19%20)ccc%18c%17c%17cccc(c%15c(-c%15ccccc%15)c%14c%14cccc(c%11%12)c%13%14)c%16%17)c9%10)ccc8c7c7cccc(c23)c67)c54)cc1. The predicted octanol–water partition coefficient (Wildman–Crippen LogP) is 36.6. The summed E-state index contributed by atoms with van der Waals surface area (Å²) in [5, 5.41) is 51.8. The van der Waals surface area contributed by atoms with E-state index in [0.717, 1.165) is 0 Å². The lowest BCUT2D eigenvalue weighted by Crippen LogP contribution is -1.91. The zero-order valence-corrected chi connectivity index (χ0v) is 69.6. The van der Waals surface area contributed by atoms with Gasteiger partial charge < -0.3 is 0 Å². The topological polar surface area (TPSA) is 0 Å². The van der Waals surface area contributed by atoms with E-state index in [4.69, 9.17) is 0 Å². The molecule has 0 aliphatic rings. The molecule has 2 aromatic heterocycles. The van der Waals surface area contributed by atoms with Gasteiger partial charge in [-0.05, 0) is 320 Å². The summed E-state index contributed by atoms with van der Waals surface area (Å²) in [7, 11) is 0. The molecule has 0 spiro atoms. The average Bonchev–Trinajstić information content (AvgIpc) is 1.42. The Morgan fingerprint density at radius 1 is 0.119 bits per heavy atom. The molecule has 0 fully saturated rings. The minimum absolute atomic E-state index is 1.22. The van der Waals surface area contributed by atoms with Gasteiger partial charge in [-0.3, -0.25) is 0 Å². The van der Waals surface area contributed by atoms with Crippen molar-refractivity contribution in [2.45, 2.75) is 0 Å². The third kappa shape index (κ3) is 8.90. The molecule has 0 bridgehead atoms. The summed E-state index contributed by atoms with van der Waals surface area (Å²) in [5.41, 5.74) is 17.6. The molecule has 2 heterocycles. The van der Waals surface area contributed by atoms with Crippen LogP contribution < -0.4 is 0 Å². The molecule has 0 N–H and O–H groups in total. The fraction of sp³-hybridized carbons (Fsp3) is 0. The van der Waals surface area contributed by atoms with E-state index in [9.17, 15) is 0 Å². The molecule has 0 unspecified atom stereocenters. The van der Waals surface area contributed by atoms with Crippen LogP contribution in [0.2, 0.25) is 0 Å². The van der Waals surface area contributed by atoms with Gasteiger partial charge in [-0.2, -0.15) is 0 Å². The van der Waals surface area contributed by atoms with Gasteiger partial charge in [0.2, 0.25) is 0 Å². The van der Waals surface area contributed by atoms with Gasteiger partial charge in [0.05, 0.1) is 0 Å². The Hall–Kier alpha value is -15.7. The zero-order chi connectivity index (χ0) is 81.6. The molecule has 28 aromatic carbocycles. The Bertz CT molecular complexity index is 10100. The lowest BCUT2D eigenvalue weighted by atomic mass is 9.84. The van der Waals surface area contributed by atoms with E-state index in [0.29, 0.717) is 0 Å². The molecular formula is C124H66S2. The lowest BCUT2D eigenvalue weighted by Gasteiger charge is -2.19. The third-order valence-corrected chi connectivity index (χ3v) is 31.5. The summed E-state index contributed by atoms with van der Waals surface area (Å²) in [5.74, 6) is 0. The third-order valence-electron chi connectivity index (χ3n) is 29.1. The second kappa shape index (κ2) is 25.0. The van der Waals surface area contributed by atoms with Crippen LogP contribution in [0.25, 0.3) is 312 Å². The Labute approximate surface area is 729 Å². The summed E-state index contributed by atoms with van der Waals surface area (Å²) in [6, 6.07) is 154. The van der Waals surface area contributed by atoms with Crippen LogP contribution in [-0.2, 0) is 0 Å². The van der Waals surface area contributed by atoms with Crippen molar-refractivity contribution < 1.29 is 0 Å². The van der Waals surface area contributed by atoms with E-state index in [1.54, 1.807) is 0 Å². The molecule has 0 atom stereocenters. The molecule has 30 aromatic rings. The molecule has 0 aliphatic heterocycles. The average molecular weight is 1620 g/mol. The Kier molecular flexibility index (Phi) is 13.5. The highest BCUT2D eigenvalue weighted by Gasteiger charge is 2.32. The monoisotopic (exact) mass is 1620 g/mol. The van der Waals surface area contributed by atoms with Crippen LogP contribution in [0.5, 0.6) is 0 Å². The highest BCUT2D eigenvalue weighted by molar-refractivity contribution is 7.27. The fourth-order valence-electron chi connectivity index (χ4n) is 24.2. The summed E-state index contributed by atoms with van der Waals surface area (Å²) >= 11 is 3.83. The van der Waals surface area contributed by atoms with Crippen LogP contribution in [-0.4, -0.2) is 0 Å². The maximum atomic E-state index is 2.61. The van der Waals surface area contributed by atoms with E-state index in [1.807, 2.05) is 22.7 Å². The molecular weight excluding hydrogens is 1550 g/mol. The second-order valence-corrected chi connectivity index (χ2v) is 37.2. The Balaban J connectivity index is 0.602. The van der Waals surface area contributed by atoms with E-state index >= 15 is 0 Å². The van der Waals surface area contributed by atoms with E-state index in [-0.39, 0.29) is 0 Å². The van der Waals surface area contributed by atoms with Crippen molar-refractivity contribution in [3.63, 3.8) is 0 Å². The van der Waals surface area contributed by atoms with Gasteiger partial charge in [0, 0.05) is 40.3 Å². The van der Waals surface area contributed by atoms with Gasteiger partial charge in [-0.25, -0.2) is 0 Å². The largest absolute Gasteiger partial charge is 0.135 e. The van der Waals surface area contributed by atoms with Gasteiger partial charge in [0.1, 0.15) is 0 Å². The van der Waals surface area contributed by atoms with Crippen LogP contribution in [0.3, 0.4) is 0 Å². The van der Waals surface area contributed by atoms with Crippen molar-refractivity contribution in [1.82, 2.24) is 0 Å². The molecule has 0 amide bonds. The number of thiophene rings is 2. The predicted molar refractivity (Wildman–Crippen MR) is 550 cm³/mol. The van der Waals surface area contributed by atoms with Crippen molar-refractivity contribution >= 4 is 257 Å². The molecule has 0 nitrogen and oxygen atoms in total. The van der Waals surface area contributed by atoms with Crippen molar-refractivity contribution in [2.75, 3.05) is 0 Å². The number of rotatable bonds is 7. The number of fused-ring (bicyclic) bond motifs is 30. The van der Waals surface area contributed by atoms with E-state index in [2.05, 4.69) is 400 Å². The van der Waals surface area contributed by atoms with Crippen LogP contribution in [0.4, 0.5) is 0 Å².